The molecule has 3 saturated heterocycles. The molecule has 2 amide bonds. The highest BCUT2D eigenvalue weighted by Gasteiger charge is 2.48. The van der Waals surface area contributed by atoms with E-state index in [0.29, 0.717) is 18.0 Å². The number of fused-ring (bicyclic) bond motifs is 3. The lowest BCUT2D eigenvalue weighted by Crippen LogP contribution is -2.57. The van der Waals surface area contributed by atoms with E-state index in [0.717, 1.165) is 51.7 Å². The Morgan fingerprint density at radius 1 is 1.23 bits per heavy atom. The Bertz CT molecular complexity index is 797. The summed E-state index contributed by atoms with van der Waals surface area (Å²) in [5, 5.41) is 6.00. The Balaban J connectivity index is 1.41. The number of hydrogen-bond acceptors (Lipinski definition) is 4. The lowest BCUT2D eigenvalue weighted by atomic mass is 9.90. The van der Waals surface area contributed by atoms with Gasteiger partial charge in [0.1, 0.15) is 6.04 Å². The van der Waals surface area contributed by atoms with Gasteiger partial charge in [-0.25, -0.2) is 0 Å². The van der Waals surface area contributed by atoms with E-state index in [1.54, 1.807) is 7.05 Å². The first-order valence-electron chi connectivity index (χ1n) is 12.0. The number of likely N-dealkylation sites (tertiary alicyclic amines) is 1. The van der Waals surface area contributed by atoms with E-state index in [9.17, 15) is 9.59 Å². The smallest absolute Gasteiger partial charge is 0.245 e. The molecule has 31 heavy (non-hydrogen) atoms. The van der Waals surface area contributed by atoms with Crippen LogP contribution in [-0.4, -0.2) is 72.5 Å². The average molecular weight is 427 g/mol. The van der Waals surface area contributed by atoms with Crippen LogP contribution in [0.25, 0.3) is 0 Å². The molecular weight excluding hydrogens is 388 g/mol. The van der Waals surface area contributed by atoms with E-state index in [-0.39, 0.29) is 23.9 Å². The second-order valence-corrected chi connectivity index (χ2v) is 9.73. The van der Waals surface area contributed by atoms with Gasteiger partial charge in [0.15, 0.2) is 0 Å². The molecule has 0 saturated carbocycles. The minimum Gasteiger partial charge on any atom is -0.343 e. The average Bonchev–Trinajstić information content (AvgIpc) is 3.06. The molecule has 2 N–H and O–H groups in total. The van der Waals surface area contributed by atoms with Gasteiger partial charge in [0.2, 0.25) is 11.8 Å². The third kappa shape index (κ3) is 4.80. The van der Waals surface area contributed by atoms with Crippen LogP contribution in [0.3, 0.4) is 0 Å². The third-order valence-corrected chi connectivity index (χ3v) is 7.82. The van der Waals surface area contributed by atoms with Crippen molar-refractivity contribution in [1.82, 2.24) is 20.4 Å². The minimum atomic E-state index is -0.380. The molecule has 170 valence electrons. The summed E-state index contributed by atoms with van der Waals surface area (Å²) in [5.74, 6) is 0.667. The van der Waals surface area contributed by atoms with Crippen molar-refractivity contribution >= 4 is 11.8 Å². The number of carbonyl (C=O) groups is 2. The third-order valence-electron chi connectivity index (χ3n) is 7.82. The normalized spacial score (nSPS) is 29.8. The molecule has 0 radical (unpaired) electrons. The number of benzene rings is 1. The minimum absolute atomic E-state index is 0.0847. The van der Waals surface area contributed by atoms with Crippen LogP contribution in [0, 0.1) is 12.8 Å². The number of likely N-dealkylation sites (N-methyl/N-ethyl adjacent to an activating group) is 1. The van der Waals surface area contributed by atoms with Crippen molar-refractivity contribution in [2.24, 2.45) is 5.92 Å². The quantitative estimate of drug-likeness (QED) is 0.731. The summed E-state index contributed by atoms with van der Waals surface area (Å²) in [6, 6.07) is 8.60. The summed E-state index contributed by atoms with van der Waals surface area (Å²) in [7, 11) is 1.77. The van der Waals surface area contributed by atoms with Crippen molar-refractivity contribution in [3.63, 3.8) is 0 Å². The van der Waals surface area contributed by atoms with Crippen LogP contribution in [-0.2, 0) is 16.0 Å². The van der Waals surface area contributed by atoms with Gasteiger partial charge in [-0.1, -0.05) is 24.3 Å². The van der Waals surface area contributed by atoms with Gasteiger partial charge in [0.05, 0.1) is 6.04 Å². The summed E-state index contributed by atoms with van der Waals surface area (Å²) in [4.78, 5) is 30.7. The zero-order chi connectivity index (χ0) is 22.0. The number of amides is 2. The van der Waals surface area contributed by atoms with Crippen LogP contribution in [0.2, 0.25) is 0 Å². The first kappa shape index (κ1) is 22.3. The Morgan fingerprint density at radius 2 is 2.03 bits per heavy atom. The van der Waals surface area contributed by atoms with Gasteiger partial charge in [0, 0.05) is 25.2 Å². The van der Waals surface area contributed by atoms with Gasteiger partial charge in [-0.05, 0) is 83.0 Å². The fraction of sp³-hybridized carbons (Fsp3) is 0.680. The number of aryl methyl sites for hydroxylation is 1. The van der Waals surface area contributed by atoms with Gasteiger partial charge < -0.3 is 20.4 Å². The molecule has 0 aromatic heterocycles. The van der Waals surface area contributed by atoms with E-state index in [2.05, 4.69) is 51.6 Å². The van der Waals surface area contributed by atoms with Crippen molar-refractivity contribution < 1.29 is 9.59 Å². The first-order valence-corrected chi connectivity index (χ1v) is 12.0. The van der Waals surface area contributed by atoms with E-state index >= 15 is 0 Å². The summed E-state index contributed by atoms with van der Waals surface area (Å²) < 4.78 is 0. The van der Waals surface area contributed by atoms with Gasteiger partial charge in [0.25, 0.3) is 0 Å². The van der Waals surface area contributed by atoms with Crippen molar-refractivity contribution in [1.29, 1.82) is 0 Å². The molecule has 5 unspecified atom stereocenters. The molecule has 6 nitrogen and oxygen atoms in total. The van der Waals surface area contributed by atoms with Gasteiger partial charge in [-0.15, -0.1) is 0 Å². The van der Waals surface area contributed by atoms with Crippen molar-refractivity contribution in [2.45, 2.75) is 76.5 Å². The molecule has 4 rings (SSSR count). The van der Waals surface area contributed by atoms with Crippen LogP contribution >= 0.6 is 0 Å². The van der Waals surface area contributed by atoms with Crippen LogP contribution in [0.4, 0.5) is 0 Å². The highest BCUT2D eigenvalue weighted by molar-refractivity contribution is 5.90. The predicted molar refractivity (Wildman–Crippen MR) is 123 cm³/mol. The summed E-state index contributed by atoms with van der Waals surface area (Å²) in [6.45, 7) is 7.15. The number of hydrogen-bond donors (Lipinski definition) is 2. The fourth-order valence-corrected chi connectivity index (χ4v) is 5.76. The Labute approximate surface area is 186 Å². The topological polar surface area (TPSA) is 64.7 Å². The van der Waals surface area contributed by atoms with E-state index in [1.807, 2.05) is 6.92 Å². The largest absolute Gasteiger partial charge is 0.343 e. The molecular formula is C25H38N4O2. The molecule has 5 atom stereocenters. The second kappa shape index (κ2) is 9.70. The van der Waals surface area contributed by atoms with Crippen LogP contribution in [0.1, 0.15) is 50.2 Å². The molecule has 3 aliphatic rings. The highest BCUT2D eigenvalue weighted by Crippen LogP contribution is 2.39. The molecule has 3 fully saturated rings. The van der Waals surface area contributed by atoms with Gasteiger partial charge in [-0.2, -0.15) is 0 Å². The predicted octanol–water partition coefficient (Wildman–Crippen LogP) is 2.11. The number of rotatable bonds is 6. The Hall–Kier alpha value is -1.92. The monoisotopic (exact) mass is 426 g/mol. The van der Waals surface area contributed by atoms with Crippen molar-refractivity contribution in [3.8, 4) is 0 Å². The molecule has 0 bridgehead atoms. The summed E-state index contributed by atoms with van der Waals surface area (Å²) in [6.07, 6.45) is 6.19. The van der Waals surface area contributed by atoms with Crippen LogP contribution in [0.5, 0.6) is 0 Å². The number of nitrogens with zero attached hydrogens (tertiary/aromatic N) is 2. The van der Waals surface area contributed by atoms with Gasteiger partial charge >= 0.3 is 0 Å². The Morgan fingerprint density at radius 3 is 2.81 bits per heavy atom. The lowest BCUT2D eigenvalue weighted by Gasteiger charge is -2.40. The van der Waals surface area contributed by atoms with E-state index < -0.39 is 0 Å². The maximum Gasteiger partial charge on any atom is 0.245 e. The molecule has 6 heteroatoms. The zero-order valence-electron chi connectivity index (χ0n) is 19.3. The fourth-order valence-electron chi connectivity index (χ4n) is 5.76. The molecule has 0 aliphatic carbocycles. The van der Waals surface area contributed by atoms with Gasteiger partial charge in [-0.3, -0.25) is 9.59 Å². The van der Waals surface area contributed by atoms with Crippen LogP contribution < -0.4 is 10.6 Å². The molecule has 3 heterocycles. The van der Waals surface area contributed by atoms with Crippen LogP contribution in [0.15, 0.2) is 24.3 Å². The van der Waals surface area contributed by atoms with E-state index in [4.69, 9.17) is 0 Å². The number of nitrogens with one attached hydrogen (secondary N) is 2. The molecule has 3 aliphatic heterocycles. The summed E-state index contributed by atoms with van der Waals surface area (Å²) >= 11 is 0. The molecule has 1 aromatic carbocycles. The Kier molecular flexibility index (Phi) is 6.97. The van der Waals surface area contributed by atoms with Crippen molar-refractivity contribution in [2.75, 3.05) is 26.7 Å². The first-order chi connectivity index (χ1) is 15.0. The number of piperidine rings is 1. The zero-order valence-corrected chi connectivity index (χ0v) is 19.3. The highest BCUT2D eigenvalue weighted by atomic mass is 16.2. The summed E-state index contributed by atoms with van der Waals surface area (Å²) in [5.41, 5.74) is 2.77. The van der Waals surface area contributed by atoms with Crippen molar-refractivity contribution in [3.05, 3.63) is 35.4 Å². The maximum absolute atomic E-state index is 13.5. The molecule has 1 aromatic rings. The lowest BCUT2D eigenvalue weighted by molar-refractivity contribution is -0.139. The SMILES string of the molecule is CNC(C)C(=O)NC1CCCC2CC3CCN(CCc4ccccc4C)CC3N2C1=O. The molecule has 0 spiro atoms. The standard InChI is InChI=1S/C25H38N4O2/c1-17-7-4-5-8-19(17)11-13-28-14-12-20-15-21-9-6-10-22(27-24(30)18(2)26-3)25(31)29(21)23(20)16-28/h4-5,7-8,18,20-23,26H,6,9-16H2,1-3H3,(H,27,30). The maximum atomic E-state index is 13.5. The second-order valence-electron chi connectivity index (χ2n) is 9.73. The van der Waals surface area contributed by atoms with E-state index in [1.165, 1.54) is 17.5 Å². The number of carbonyl (C=O) groups excluding carboxylic acids is 2.